The number of aryl methyl sites for hydroxylation is 1. The molecule has 2 N–H and O–H groups in total. The van der Waals surface area contributed by atoms with Crippen LogP contribution in [0.5, 0.6) is 0 Å². The van der Waals surface area contributed by atoms with Gasteiger partial charge in [0.05, 0.1) is 28.4 Å². The lowest BCUT2D eigenvalue weighted by Crippen LogP contribution is -2.18. The van der Waals surface area contributed by atoms with Gasteiger partial charge >= 0.3 is 0 Å². The van der Waals surface area contributed by atoms with Crippen LogP contribution in [-0.2, 0) is 24.3 Å². The third-order valence-electron chi connectivity index (χ3n) is 7.35. The molecule has 4 aromatic carbocycles. The first kappa shape index (κ1) is 26.7. The molecule has 5 aromatic rings. The molecule has 0 fully saturated rings. The number of rotatable bonds is 8. The van der Waals surface area contributed by atoms with Gasteiger partial charge in [0.25, 0.3) is 0 Å². The van der Waals surface area contributed by atoms with Gasteiger partial charge in [-0.05, 0) is 66.2 Å². The number of carbonyl (C=O) groups excluding carboxylic acids is 1. The molecule has 0 saturated heterocycles. The van der Waals surface area contributed by atoms with Gasteiger partial charge in [-0.15, -0.1) is 0 Å². The number of fused-ring (bicyclic) bond motifs is 2. The van der Waals surface area contributed by atoms with Gasteiger partial charge in [-0.25, -0.2) is 0 Å². The summed E-state index contributed by atoms with van der Waals surface area (Å²) in [6.07, 6.45) is 0.318. The first-order valence-electron chi connectivity index (χ1n) is 13.7. The summed E-state index contributed by atoms with van der Waals surface area (Å²) in [7, 11) is 0. The highest BCUT2D eigenvalue weighted by Gasteiger charge is 2.23. The minimum Gasteiger partial charge on any atom is -0.440 e. The van der Waals surface area contributed by atoms with Crippen molar-refractivity contribution in [3.05, 3.63) is 135 Å². The van der Waals surface area contributed by atoms with Crippen LogP contribution in [0.3, 0.4) is 0 Å². The van der Waals surface area contributed by atoms with Crippen molar-refractivity contribution in [3.8, 4) is 0 Å². The van der Waals surface area contributed by atoms with E-state index in [1.54, 1.807) is 6.07 Å². The summed E-state index contributed by atoms with van der Waals surface area (Å²) in [4.78, 5) is 28.9. The predicted octanol–water partition coefficient (Wildman–Crippen LogP) is 7.16. The summed E-state index contributed by atoms with van der Waals surface area (Å²) >= 11 is 1.29. The summed E-state index contributed by atoms with van der Waals surface area (Å²) in [6, 6.07) is 31.3. The van der Waals surface area contributed by atoms with Crippen molar-refractivity contribution < 1.29 is 9.21 Å². The fourth-order valence-corrected chi connectivity index (χ4v) is 5.98. The summed E-state index contributed by atoms with van der Waals surface area (Å²) in [5, 5.41) is 4.17. The van der Waals surface area contributed by atoms with E-state index in [2.05, 4.69) is 40.1 Å². The molecule has 7 heteroatoms. The van der Waals surface area contributed by atoms with Crippen molar-refractivity contribution in [3.63, 3.8) is 0 Å². The van der Waals surface area contributed by atoms with Crippen LogP contribution in [0.4, 0.5) is 11.6 Å². The summed E-state index contributed by atoms with van der Waals surface area (Å²) in [5.41, 5.74) is 6.79. The molecule has 0 bridgehead atoms. The lowest BCUT2D eigenvalue weighted by Gasteiger charge is -2.21. The second kappa shape index (κ2) is 11.6. The van der Waals surface area contributed by atoms with Crippen molar-refractivity contribution in [2.75, 3.05) is 10.2 Å². The average Bonchev–Trinajstić information content (AvgIpc) is 3.42. The van der Waals surface area contributed by atoms with Gasteiger partial charge in [-0.1, -0.05) is 72.8 Å². The van der Waals surface area contributed by atoms with E-state index in [0.717, 1.165) is 27.3 Å². The second-order valence-electron chi connectivity index (χ2n) is 10.5. The largest absolute Gasteiger partial charge is 0.440 e. The zero-order valence-electron chi connectivity index (χ0n) is 23.0. The Morgan fingerprint density at radius 3 is 2.37 bits per heavy atom. The third-order valence-corrected chi connectivity index (χ3v) is 8.25. The highest BCUT2D eigenvalue weighted by molar-refractivity contribution is 7.98. The maximum atomic E-state index is 13.3. The Labute approximate surface area is 243 Å². The lowest BCUT2D eigenvalue weighted by atomic mass is 10.0. The normalized spacial score (nSPS) is 13.2. The van der Waals surface area contributed by atoms with E-state index in [-0.39, 0.29) is 17.4 Å². The highest BCUT2D eigenvalue weighted by atomic mass is 32.2. The molecule has 0 spiro atoms. The van der Waals surface area contributed by atoms with Crippen molar-refractivity contribution in [1.82, 2.24) is 4.72 Å². The van der Waals surface area contributed by atoms with Crippen LogP contribution in [0, 0.1) is 6.92 Å². The minimum atomic E-state index is -0.173. The lowest BCUT2D eigenvalue weighted by molar-refractivity contribution is -0.118. The molecule has 2 heterocycles. The Bertz CT molecular complexity index is 1760. The van der Waals surface area contributed by atoms with Gasteiger partial charge in [-0.2, -0.15) is 0 Å². The Morgan fingerprint density at radius 2 is 1.61 bits per heavy atom. The number of nitrogens with zero attached hydrogens (tertiary/aromatic N) is 1. The molecule has 1 aliphatic rings. The van der Waals surface area contributed by atoms with E-state index in [9.17, 15) is 9.59 Å². The molecule has 1 atom stereocenters. The number of carbonyl (C=O) groups is 1. The van der Waals surface area contributed by atoms with Crippen LogP contribution in [0.2, 0.25) is 0 Å². The Balaban J connectivity index is 1.24. The van der Waals surface area contributed by atoms with E-state index < -0.39 is 0 Å². The molecule has 1 aliphatic heterocycles. The Kier molecular flexibility index (Phi) is 7.53. The summed E-state index contributed by atoms with van der Waals surface area (Å²) < 4.78 is 9.46. The van der Waals surface area contributed by atoms with Crippen molar-refractivity contribution in [2.24, 2.45) is 0 Å². The zero-order chi connectivity index (χ0) is 28.3. The number of amides is 1. The molecule has 0 aliphatic carbocycles. The number of benzene rings is 4. The van der Waals surface area contributed by atoms with E-state index in [1.165, 1.54) is 23.1 Å². The van der Waals surface area contributed by atoms with Gasteiger partial charge in [0.2, 0.25) is 11.8 Å². The molecule has 6 nitrogen and oxygen atoms in total. The SMILES string of the molecule is Cc1cc(C(C)Nc2ccccc2SNC(=O)Cc2ccccc2)c2oc(N3Cc4ccccc4C3)cc(=O)c2c1. The standard InChI is InChI=1S/C34H31N3O3S/c1-22-16-27(34-28(17-22)30(38)19-33(40-34)37-20-25-12-6-7-13-26(25)21-37)23(2)35-29-14-8-9-15-31(29)41-36-32(39)18-24-10-4-3-5-11-24/h3-17,19,23,35H,18,20-21H2,1-2H3,(H,36,39). The molecule has 0 radical (unpaired) electrons. The Morgan fingerprint density at radius 1 is 0.927 bits per heavy atom. The molecule has 1 amide bonds. The van der Waals surface area contributed by atoms with E-state index in [1.807, 2.05) is 79.7 Å². The summed E-state index contributed by atoms with van der Waals surface area (Å²) in [6.45, 7) is 5.47. The predicted molar refractivity (Wildman–Crippen MR) is 166 cm³/mol. The highest BCUT2D eigenvalue weighted by Crippen LogP contribution is 2.34. The van der Waals surface area contributed by atoms with E-state index in [4.69, 9.17) is 4.42 Å². The van der Waals surface area contributed by atoms with Gasteiger partial charge in [0.15, 0.2) is 5.43 Å². The minimum absolute atomic E-state index is 0.0496. The van der Waals surface area contributed by atoms with E-state index in [0.29, 0.717) is 36.4 Å². The van der Waals surface area contributed by atoms with Crippen molar-refractivity contribution in [1.29, 1.82) is 0 Å². The number of anilines is 2. The van der Waals surface area contributed by atoms with Crippen molar-refractivity contribution >= 4 is 40.4 Å². The fraction of sp³-hybridized carbons (Fsp3) is 0.176. The van der Waals surface area contributed by atoms with E-state index >= 15 is 0 Å². The molecule has 41 heavy (non-hydrogen) atoms. The topological polar surface area (TPSA) is 74.6 Å². The van der Waals surface area contributed by atoms with Crippen LogP contribution in [0.15, 0.2) is 111 Å². The molecule has 0 saturated carbocycles. The Hall–Kier alpha value is -4.49. The average molecular weight is 562 g/mol. The van der Waals surface area contributed by atoms with Crippen molar-refractivity contribution in [2.45, 2.75) is 44.3 Å². The quantitative estimate of drug-likeness (QED) is 0.196. The van der Waals surface area contributed by atoms with Crippen LogP contribution < -0.4 is 20.4 Å². The van der Waals surface area contributed by atoms with Gasteiger partial charge < -0.3 is 14.6 Å². The summed E-state index contributed by atoms with van der Waals surface area (Å²) in [5.74, 6) is 0.514. The molecule has 206 valence electrons. The number of hydrogen-bond acceptors (Lipinski definition) is 6. The fourth-order valence-electron chi connectivity index (χ4n) is 5.30. The van der Waals surface area contributed by atoms with Crippen LogP contribution in [0.25, 0.3) is 11.0 Å². The maximum absolute atomic E-state index is 13.3. The van der Waals surface area contributed by atoms with Gasteiger partial charge in [0, 0.05) is 24.7 Å². The first-order valence-corrected chi connectivity index (χ1v) is 14.5. The monoisotopic (exact) mass is 561 g/mol. The number of nitrogens with one attached hydrogen (secondary N) is 2. The van der Waals surface area contributed by atoms with Gasteiger partial charge in [0.1, 0.15) is 5.58 Å². The van der Waals surface area contributed by atoms with Crippen LogP contribution >= 0.6 is 11.9 Å². The third kappa shape index (κ3) is 5.86. The maximum Gasteiger partial charge on any atom is 0.234 e. The van der Waals surface area contributed by atoms with Crippen LogP contribution in [-0.4, -0.2) is 5.91 Å². The number of hydrogen-bond donors (Lipinski definition) is 2. The van der Waals surface area contributed by atoms with Gasteiger partial charge in [-0.3, -0.25) is 14.3 Å². The second-order valence-corrected chi connectivity index (χ2v) is 11.3. The molecular weight excluding hydrogens is 530 g/mol. The van der Waals surface area contributed by atoms with Crippen LogP contribution in [0.1, 0.15) is 40.8 Å². The molecule has 1 aromatic heterocycles. The smallest absolute Gasteiger partial charge is 0.234 e. The molecule has 6 rings (SSSR count). The number of para-hydroxylation sites is 1. The molecule has 1 unspecified atom stereocenters. The molecular formula is C34H31N3O3S. The zero-order valence-corrected chi connectivity index (χ0v) is 23.8. The first-order chi connectivity index (χ1) is 19.9.